The molecular weight excluding hydrogens is 329 g/mol. The van der Waals surface area contributed by atoms with Crippen LogP contribution in [-0.4, -0.2) is 20.7 Å². The lowest BCUT2D eigenvalue weighted by Gasteiger charge is -2.17. The number of hydrogen-bond donors (Lipinski definition) is 0. The van der Waals surface area contributed by atoms with E-state index in [-0.39, 0.29) is 11.9 Å². The molecule has 137 valence electrons. The summed E-state index contributed by atoms with van der Waals surface area (Å²) < 4.78 is 20.9. The van der Waals surface area contributed by atoms with Gasteiger partial charge in [0.05, 0.1) is 18.0 Å². The van der Waals surface area contributed by atoms with Crippen LogP contribution in [0, 0.1) is 11.7 Å². The topological polar surface area (TPSA) is 39.4 Å². The molecule has 0 aliphatic carbocycles. The van der Waals surface area contributed by atoms with Crippen LogP contribution in [0.15, 0.2) is 42.6 Å². The van der Waals surface area contributed by atoms with Gasteiger partial charge in [0.15, 0.2) is 5.65 Å². The van der Waals surface area contributed by atoms with E-state index in [1.165, 1.54) is 12.1 Å². The van der Waals surface area contributed by atoms with Gasteiger partial charge < -0.3 is 4.74 Å². The van der Waals surface area contributed by atoms with Crippen LogP contribution in [0.2, 0.25) is 0 Å². The summed E-state index contributed by atoms with van der Waals surface area (Å²) >= 11 is 0. The zero-order valence-electron chi connectivity index (χ0n) is 15.6. The van der Waals surface area contributed by atoms with Gasteiger partial charge in [-0.3, -0.25) is 0 Å². The number of ether oxygens (including phenoxy) is 1. The summed E-state index contributed by atoms with van der Waals surface area (Å²) in [4.78, 5) is 4.37. The number of fused-ring (bicyclic) bond motifs is 1. The maximum Gasteiger partial charge on any atom is 0.232 e. The second-order valence-corrected chi connectivity index (χ2v) is 6.52. The largest absolute Gasteiger partial charge is 0.474 e. The van der Waals surface area contributed by atoms with Crippen LogP contribution in [0.3, 0.4) is 0 Å². The maximum absolute atomic E-state index is 13.2. The summed E-state index contributed by atoms with van der Waals surface area (Å²) in [5.74, 6) is 1.88. The van der Waals surface area contributed by atoms with E-state index in [2.05, 4.69) is 30.9 Å². The van der Waals surface area contributed by atoms with Gasteiger partial charge in [-0.05, 0) is 68.9 Å². The molecule has 1 radical (unpaired) electrons. The van der Waals surface area contributed by atoms with E-state index in [9.17, 15) is 4.39 Å². The van der Waals surface area contributed by atoms with Crippen LogP contribution < -0.4 is 4.74 Å². The van der Waals surface area contributed by atoms with Crippen molar-refractivity contribution in [2.45, 2.75) is 52.6 Å². The summed E-state index contributed by atoms with van der Waals surface area (Å²) in [6.45, 7) is 6.48. The van der Waals surface area contributed by atoms with E-state index in [1.54, 1.807) is 28.8 Å². The van der Waals surface area contributed by atoms with Crippen molar-refractivity contribution in [1.29, 1.82) is 0 Å². The lowest BCUT2D eigenvalue weighted by atomic mass is 9.96. The van der Waals surface area contributed by atoms with Crippen molar-refractivity contribution >= 4 is 5.65 Å². The fourth-order valence-electron chi connectivity index (χ4n) is 3.01. The first kappa shape index (κ1) is 18.4. The molecule has 0 saturated heterocycles. The van der Waals surface area contributed by atoms with E-state index in [1.807, 2.05) is 12.1 Å². The van der Waals surface area contributed by atoms with Crippen LogP contribution in [0.25, 0.3) is 16.9 Å². The summed E-state index contributed by atoms with van der Waals surface area (Å²) in [6.07, 6.45) is 6.15. The minimum absolute atomic E-state index is 0.0887. The first-order valence-electron chi connectivity index (χ1n) is 9.21. The first-order valence-corrected chi connectivity index (χ1v) is 9.21. The molecule has 2 aromatic heterocycles. The summed E-state index contributed by atoms with van der Waals surface area (Å²) in [7, 11) is 0. The number of halogens is 1. The molecule has 0 aliphatic rings. The predicted molar refractivity (Wildman–Crippen MR) is 102 cm³/mol. The van der Waals surface area contributed by atoms with E-state index >= 15 is 0 Å². The van der Waals surface area contributed by atoms with Gasteiger partial charge >= 0.3 is 0 Å². The molecular formula is C21H25FN3O. The van der Waals surface area contributed by atoms with Crippen LogP contribution in [0.5, 0.6) is 5.88 Å². The van der Waals surface area contributed by atoms with Crippen molar-refractivity contribution in [2.75, 3.05) is 0 Å². The summed E-state index contributed by atoms with van der Waals surface area (Å²) in [6, 6.07) is 10.1. The molecule has 0 amide bonds. The highest BCUT2D eigenvalue weighted by Gasteiger charge is 2.12. The molecule has 0 N–H and O–H groups in total. The molecule has 0 fully saturated rings. The third-order valence-electron chi connectivity index (χ3n) is 4.70. The summed E-state index contributed by atoms with van der Waals surface area (Å²) in [5, 5.41) is 4.57. The molecule has 5 heteroatoms. The SMILES string of the molecule is CC[C](CC)CCC(C)Oc1ccc2ncc(-c3ccc(F)cc3)n2n1. The molecule has 0 saturated carbocycles. The number of imidazole rings is 1. The molecule has 4 nitrogen and oxygen atoms in total. The van der Waals surface area contributed by atoms with Crippen molar-refractivity contribution < 1.29 is 9.13 Å². The highest BCUT2D eigenvalue weighted by Crippen LogP contribution is 2.23. The molecule has 1 aromatic carbocycles. The Kier molecular flexibility index (Phi) is 5.86. The highest BCUT2D eigenvalue weighted by atomic mass is 19.1. The Balaban J connectivity index is 1.76. The van der Waals surface area contributed by atoms with Crippen molar-refractivity contribution in [2.24, 2.45) is 0 Å². The Morgan fingerprint density at radius 3 is 2.54 bits per heavy atom. The van der Waals surface area contributed by atoms with Crippen LogP contribution in [-0.2, 0) is 0 Å². The molecule has 3 rings (SSSR count). The quantitative estimate of drug-likeness (QED) is 0.538. The van der Waals surface area contributed by atoms with Crippen LogP contribution in [0.4, 0.5) is 4.39 Å². The Hall–Kier alpha value is -2.43. The van der Waals surface area contributed by atoms with Crippen molar-refractivity contribution in [3.8, 4) is 17.1 Å². The van der Waals surface area contributed by atoms with Gasteiger partial charge in [0.2, 0.25) is 5.88 Å². The molecule has 1 unspecified atom stereocenters. The van der Waals surface area contributed by atoms with Gasteiger partial charge in [-0.15, -0.1) is 5.10 Å². The van der Waals surface area contributed by atoms with Gasteiger partial charge in [-0.1, -0.05) is 13.8 Å². The lowest BCUT2D eigenvalue weighted by Crippen LogP contribution is -2.14. The molecule has 26 heavy (non-hydrogen) atoms. The van der Waals surface area contributed by atoms with E-state index < -0.39 is 0 Å². The van der Waals surface area contributed by atoms with Gasteiger partial charge in [-0.2, -0.15) is 0 Å². The van der Waals surface area contributed by atoms with E-state index in [0.29, 0.717) is 5.88 Å². The molecule has 1 atom stereocenters. The van der Waals surface area contributed by atoms with Crippen LogP contribution in [0.1, 0.15) is 46.5 Å². The monoisotopic (exact) mass is 354 g/mol. The highest BCUT2D eigenvalue weighted by molar-refractivity contribution is 5.62. The minimum Gasteiger partial charge on any atom is -0.474 e. The number of nitrogens with zero attached hydrogens (tertiary/aromatic N) is 3. The maximum atomic E-state index is 13.2. The lowest BCUT2D eigenvalue weighted by molar-refractivity contribution is 0.197. The summed E-state index contributed by atoms with van der Waals surface area (Å²) in [5.41, 5.74) is 2.41. The van der Waals surface area contributed by atoms with Crippen molar-refractivity contribution in [1.82, 2.24) is 14.6 Å². The Labute approximate surface area is 154 Å². The standard InChI is InChI=1S/C21H25FN3O/c1-4-16(5-2)7-6-15(3)26-21-13-12-20-23-14-19(25(20)24-21)17-8-10-18(22)11-9-17/h8-15H,4-7H2,1-3H3. The third-order valence-corrected chi connectivity index (χ3v) is 4.70. The van der Waals surface area contributed by atoms with Gasteiger partial charge in [0.1, 0.15) is 5.82 Å². The first-order chi connectivity index (χ1) is 12.6. The molecule has 0 bridgehead atoms. The normalized spacial score (nSPS) is 12.7. The zero-order valence-corrected chi connectivity index (χ0v) is 15.6. The second-order valence-electron chi connectivity index (χ2n) is 6.52. The fraction of sp³-hybridized carbons (Fsp3) is 0.381. The van der Waals surface area contributed by atoms with Crippen LogP contribution >= 0.6 is 0 Å². The zero-order chi connectivity index (χ0) is 18.5. The van der Waals surface area contributed by atoms with Crippen molar-refractivity contribution in [3.05, 3.63) is 54.3 Å². The average Bonchev–Trinajstić information content (AvgIpc) is 3.06. The Morgan fingerprint density at radius 1 is 1.12 bits per heavy atom. The predicted octanol–water partition coefficient (Wildman–Crippen LogP) is 5.48. The second kappa shape index (κ2) is 8.30. The Bertz CT molecular complexity index is 840. The molecule has 0 spiro atoms. The number of hydrogen-bond acceptors (Lipinski definition) is 3. The van der Waals surface area contributed by atoms with Gasteiger partial charge in [0.25, 0.3) is 0 Å². The number of aromatic nitrogens is 3. The number of rotatable bonds is 8. The number of benzene rings is 1. The van der Waals surface area contributed by atoms with E-state index in [4.69, 9.17) is 4.74 Å². The average molecular weight is 354 g/mol. The fourth-order valence-corrected chi connectivity index (χ4v) is 3.01. The molecule has 0 aliphatic heterocycles. The Morgan fingerprint density at radius 2 is 1.85 bits per heavy atom. The third kappa shape index (κ3) is 4.21. The van der Waals surface area contributed by atoms with Gasteiger partial charge in [-0.25, -0.2) is 13.9 Å². The smallest absolute Gasteiger partial charge is 0.232 e. The molecule has 2 heterocycles. The molecule has 3 aromatic rings. The van der Waals surface area contributed by atoms with E-state index in [0.717, 1.165) is 42.6 Å². The van der Waals surface area contributed by atoms with Gasteiger partial charge in [0, 0.05) is 11.6 Å². The minimum atomic E-state index is -0.260. The van der Waals surface area contributed by atoms with Crippen molar-refractivity contribution in [3.63, 3.8) is 0 Å².